The summed E-state index contributed by atoms with van der Waals surface area (Å²) >= 11 is 37.3. The normalized spacial score (nSPS) is 19.4. The van der Waals surface area contributed by atoms with E-state index in [4.69, 9.17) is 87.7 Å². The molecule has 0 aliphatic carbocycles. The fourth-order valence-electron chi connectivity index (χ4n) is 2.83. The molecule has 6 atom stereocenters. The molecular formula is C23H36Cl6O6P2. The Labute approximate surface area is 251 Å². The number of rotatable bonds is 19. The SMILES string of the molecule is CCC(Cl)COP(=O)(OC(c1ccc(Cl)c(Cl)c1)P(=O)(OCC(Cl)CC)OCC(Cl)CC)C(CC)CCl. The van der Waals surface area contributed by atoms with Gasteiger partial charge in [0.15, 0.2) is 5.85 Å². The maximum absolute atomic E-state index is 14.4. The topological polar surface area (TPSA) is 71.1 Å². The van der Waals surface area contributed by atoms with E-state index < -0.39 is 42.8 Å². The highest BCUT2D eigenvalue weighted by Crippen LogP contribution is 2.69. The summed E-state index contributed by atoms with van der Waals surface area (Å²) in [6.45, 7) is 7.07. The molecule has 0 heterocycles. The van der Waals surface area contributed by atoms with Crippen molar-refractivity contribution in [3.63, 3.8) is 0 Å². The van der Waals surface area contributed by atoms with Gasteiger partial charge in [-0.25, -0.2) is 0 Å². The van der Waals surface area contributed by atoms with Gasteiger partial charge in [0.05, 0.1) is 51.7 Å². The van der Waals surface area contributed by atoms with Crippen LogP contribution in [0.1, 0.15) is 64.8 Å². The van der Waals surface area contributed by atoms with E-state index in [2.05, 4.69) is 0 Å². The third-order valence-electron chi connectivity index (χ3n) is 5.49. The van der Waals surface area contributed by atoms with E-state index in [9.17, 15) is 9.13 Å². The van der Waals surface area contributed by atoms with Crippen molar-refractivity contribution in [3.8, 4) is 0 Å². The highest BCUT2D eigenvalue weighted by molar-refractivity contribution is 7.57. The lowest BCUT2D eigenvalue weighted by Gasteiger charge is -2.33. The minimum atomic E-state index is -4.25. The maximum Gasteiger partial charge on any atom is 0.364 e. The smallest absolute Gasteiger partial charge is 0.307 e. The van der Waals surface area contributed by atoms with E-state index in [-0.39, 0.29) is 41.3 Å². The zero-order chi connectivity index (χ0) is 28.2. The standard InChI is InChI=1S/C23H36Cl6O6P2/c1-5-17(25)13-32-36(30,20(8-4)12-24)35-23(16-9-10-21(28)22(29)11-16)37(31,33-14-18(26)6-2)34-15-19(27)7-3/h9-11,17-20,23H,5-8,12-15H2,1-4H3. The minimum absolute atomic E-state index is 0.0356. The van der Waals surface area contributed by atoms with Gasteiger partial charge in [0.25, 0.3) is 0 Å². The van der Waals surface area contributed by atoms with E-state index in [1.54, 1.807) is 6.92 Å². The second-order valence-corrected chi connectivity index (χ2v) is 15.6. The van der Waals surface area contributed by atoms with Crippen molar-refractivity contribution in [1.82, 2.24) is 0 Å². The number of benzene rings is 1. The van der Waals surface area contributed by atoms with Crippen LogP contribution in [0, 0.1) is 0 Å². The van der Waals surface area contributed by atoms with Crippen molar-refractivity contribution in [3.05, 3.63) is 33.8 Å². The van der Waals surface area contributed by atoms with Gasteiger partial charge in [-0.3, -0.25) is 13.7 Å². The predicted molar refractivity (Wildman–Crippen MR) is 158 cm³/mol. The summed E-state index contributed by atoms with van der Waals surface area (Å²) < 4.78 is 52.2. The van der Waals surface area contributed by atoms with Gasteiger partial charge in [-0.1, -0.05) is 57.0 Å². The van der Waals surface area contributed by atoms with Gasteiger partial charge in [-0.2, -0.15) is 0 Å². The molecule has 0 fully saturated rings. The van der Waals surface area contributed by atoms with Crippen LogP contribution in [0.5, 0.6) is 0 Å². The summed E-state index contributed by atoms with van der Waals surface area (Å²) in [6, 6.07) is 4.49. The highest BCUT2D eigenvalue weighted by atomic mass is 35.5. The summed E-state index contributed by atoms with van der Waals surface area (Å²) in [4.78, 5) is 0. The monoisotopic (exact) mass is 680 g/mol. The maximum atomic E-state index is 14.4. The molecule has 37 heavy (non-hydrogen) atoms. The molecule has 0 amide bonds. The molecule has 0 saturated carbocycles. The molecule has 0 bridgehead atoms. The van der Waals surface area contributed by atoms with Crippen LogP contribution in [0.25, 0.3) is 0 Å². The molecule has 216 valence electrons. The van der Waals surface area contributed by atoms with Crippen molar-refractivity contribution in [2.24, 2.45) is 0 Å². The Balaban J connectivity index is 3.66. The molecule has 0 aliphatic rings. The molecule has 1 aromatic carbocycles. The fourth-order valence-corrected chi connectivity index (χ4v) is 8.66. The van der Waals surface area contributed by atoms with E-state index in [1.165, 1.54) is 18.2 Å². The predicted octanol–water partition coefficient (Wildman–Crippen LogP) is 10.5. The molecule has 6 unspecified atom stereocenters. The molecule has 0 radical (unpaired) electrons. The Morgan fingerprint density at radius 2 is 1.19 bits per heavy atom. The van der Waals surface area contributed by atoms with Crippen LogP contribution in [-0.4, -0.2) is 47.5 Å². The average Bonchev–Trinajstić information content (AvgIpc) is 2.89. The zero-order valence-corrected chi connectivity index (χ0v) is 27.7. The lowest BCUT2D eigenvalue weighted by Crippen LogP contribution is -2.21. The summed E-state index contributed by atoms with van der Waals surface area (Å²) in [5.74, 6) is -1.55. The van der Waals surface area contributed by atoms with Crippen LogP contribution < -0.4 is 0 Å². The number of hydrogen-bond donors (Lipinski definition) is 0. The van der Waals surface area contributed by atoms with E-state index >= 15 is 0 Å². The van der Waals surface area contributed by atoms with Gasteiger partial charge in [-0.05, 0) is 43.4 Å². The molecule has 14 heteroatoms. The molecule has 0 aromatic heterocycles. The molecule has 0 saturated heterocycles. The van der Waals surface area contributed by atoms with Crippen LogP contribution in [0.3, 0.4) is 0 Å². The van der Waals surface area contributed by atoms with Crippen LogP contribution in [-0.2, 0) is 27.2 Å². The lowest BCUT2D eigenvalue weighted by molar-refractivity contribution is 0.128. The van der Waals surface area contributed by atoms with Crippen LogP contribution in [0.4, 0.5) is 0 Å². The molecule has 0 N–H and O–H groups in total. The van der Waals surface area contributed by atoms with Gasteiger partial charge >= 0.3 is 15.2 Å². The summed E-state index contributed by atoms with van der Waals surface area (Å²) in [5.41, 5.74) is -0.462. The molecule has 1 aromatic rings. The Kier molecular flexibility index (Phi) is 17.6. The minimum Gasteiger partial charge on any atom is -0.307 e. The Hall–Kier alpha value is 1.26. The molecule has 0 aliphatic heterocycles. The highest BCUT2D eigenvalue weighted by Gasteiger charge is 2.47. The van der Waals surface area contributed by atoms with E-state index in [0.29, 0.717) is 25.7 Å². The average molecular weight is 683 g/mol. The van der Waals surface area contributed by atoms with Gasteiger partial charge in [0.1, 0.15) is 0 Å². The van der Waals surface area contributed by atoms with Crippen molar-refractivity contribution in [2.75, 3.05) is 25.7 Å². The summed E-state index contributed by atoms with van der Waals surface area (Å²) in [7, 11) is -8.29. The third-order valence-corrected chi connectivity index (χ3v) is 12.7. The van der Waals surface area contributed by atoms with Gasteiger partial charge in [-0.15, -0.1) is 46.4 Å². The molecule has 6 nitrogen and oxygen atoms in total. The van der Waals surface area contributed by atoms with Crippen molar-refractivity contribution >= 4 is 84.8 Å². The second kappa shape index (κ2) is 17.9. The first-order valence-corrected chi connectivity index (χ1v) is 18.0. The second-order valence-electron chi connectivity index (χ2n) is 8.33. The van der Waals surface area contributed by atoms with Crippen LogP contribution in [0.2, 0.25) is 10.0 Å². The molecular weight excluding hydrogens is 647 g/mol. The van der Waals surface area contributed by atoms with Crippen molar-refractivity contribution in [1.29, 1.82) is 0 Å². The number of halogens is 6. The van der Waals surface area contributed by atoms with Gasteiger partial charge in [0.2, 0.25) is 0 Å². The largest absolute Gasteiger partial charge is 0.364 e. The van der Waals surface area contributed by atoms with E-state index in [1.807, 2.05) is 20.8 Å². The first-order chi connectivity index (χ1) is 17.4. The van der Waals surface area contributed by atoms with Gasteiger partial charge < -0.3 is 13.6 Å². The zero-order valence-electron chi connectivity index (χ0n) is 21.4. The molecule has 1 rings (SSSR count). The van der Waals surface area contributed by atoms with E-state index in [0.717, 1.165) is 0 Å². The number of alkyl halides is 4. The van der Waals surface area contributed by atoms with Crippen molar-refractivity contribution < 1.29 is 27.2 Å². The fraction of sp³-hybridized carbons (Fsp3) is 0.739. The summed E-state index contributed by atoms with van der Waals surface area (Å²) in [6.07, 6.45) is 2.03. The third kappa shape index (κ3) is 11.6. The quantitative estimate of drug-likeness (QED) is 0.107. The van der Waals surface area contributed by atoms with Crippen LogP contribution in [0.15, 0.2) is 18.2 Å². The Morgan fingerprint density at radius 1 is 0.730 bits per heavy atom. The number of hydrogen-bond acceptors (Lipinski definition) is 6. The first-order valence-electron chi connectivity index (χ1n) is 12.1. The van der Waals surface area contributed by atoms with Crippen molar-refractivity contribution in [2.45, 2.75) is 81.0 Å². The first kappa shape index (κ1) is 36.3. The summed E-state index contributed by atoms with van der Waals surface area (Å²) in [5, 5.41) is -0.908. The molecule has 0 spiro atoms. The lowest BCUT2D eigenvalue weighted by atomic mass is 10.2. The van der Waals surface area contributed by atoms with Gasteiger partial charge in [0, 0.05) is 5.88 Å². The van der Waals surface area contributed by atoms with Crippen LogP contribution >= 0.6 is 84.8 Å². The Bertz CT molecular complexity index is 888. The Morgan fingerprint density at radius 3 is 1.57 bits per heavy atom.